The van der Waals surface area contributed by atoms with Crippen molar-refractivity contribution in [1.29, 1.82) is 0 Å². The number of carbonyl (C=O) groups excluding carboxylic acids is 2. The molecule has 2 aromatic heterocycles. The van der Waals surface area contributed by atoms with E-state index in [2.05, 4.69) is 64.0 Å². The van der Waals surface area contributed by atoms with Crippen LogP contribution in [-0.2, 0) is 13.6 Å². The number of aryl methyl sites for hydroxylation is 1. The van der Waals surface area contributed by atoms with Crippen molar-refractivity contribution in [3.63, 3.8) is 0 Å². The highest BCUT2D eigenvalue weighted by molar-refractivity contribution is 5.99. The largest absolute Gasteiger partial charge is 0.415 e. The first kappa shape index (κ1) is 29.7. The number of nitrogens with one attached hydrogen (secondary N) is 2. The highest BCUT2D eigenvalue weighted by Gasteiger charge is 2.29. The topological polar surface area (TPSA) is 131 Å². The van der Waals surface area contributed by atoms with Crippen molar-refractivity contribution in [2.75, 3.05) is 46.0 Å². The Balaban J connectivity index is 1.14. The number of hydrogen-bond donors (Lipinski definition) is 3. The second-order valence-electron chi connectivity index (χ2n) is 11.0. The number of rotatable bonds is 10. The maximum Gasteiger partial charge on any atom is 0.415 e. The zero-order chi connectivity index (χ0) is 30.3. The molecule has 1 aliphatic heterocycles. The van der Waals surface area contributed by atoms with Gasteiger partial charge in [-0.1, -0.05) is 36.4 Å². The summed E-state index contributed by atoms with van der Waals surface area (Å²) in [6, 6.07) is 17.3. The van der Waals surface area contributed by atoms with Gasteiger partial charge in [-0.25, -0.2) is 9.78 Å². The predicted molar refractivity (Wildman–Crippen MR) is 166 cm³/mol. The van der Waals surface area contributed by atoms with Crippen LogP contribution in [0.2, 0.25) is 0 Å². The predicted octanol–water partition coefficient (Wildman–Crippen LogP) is 3.39. The van der Waals surface area contributed by atoms with Crippen LogP contribution in [0.4, 0.5) is 10.6 Å². The van der Waals surface area contributed by atoms with E-state index in [-0.39, 0.29) is 23.3 Å². The van der Waals surface area contributed by atoms with Crippen molar-refractivity contribution in [3.8, 4) is 28.0 Å². The van der Waals surface area contributed by atoms with Crippen molar-refractivity contribution in [2.45, 2.75) is 19.0 Å². The van der Waals surface area contributed by atoms with Crippen molar-refractivity contribution in [2.24, 2.45) is 7.05 Å². The first-order valence-electron chi connectivity index (χ1n) is 14.3. The van der Waals surface area contributed by atoms with E-state index in [0.29, 0.717) is 25.3 Å². The van der Waals surface area contributed by atoms with Gasteiger partial charge in [0.1, 0.15) is 11.6 Å². The summed E-state index contributed by atoms with van der Waals surface area (Å²) in [7, 11) is 5.94. The van der Waals surface area contributed by atoms with Crippen LogP contribution in [0.5, 0.6) is 5.75 Å². The third-order valence-electron chi connectivity index (χ3n) is 7.37. The zero-order valence-electron chi connectivity index (χ0n) is 24.8. The van der Waals surface area contributed by atoms with Gasteiger partial charge in [0.25, 0.3) is 5.91 Å². The molecule has 0 spiro atoms. The SMILES string of the molecule is CN(C)CCNCc1ccc(-c2cccc(OC(=O)N3CC[C@@H](NC(=O)c4cc(-c5cnn(C)c5)cnc4N)C3)c2)cc1. The molecule has 0 aliphatic carbocycles. The molecule has 43 heavy (non-hydrogen) atoms. The first-order chi connectivity index (χ1) is 20.7. The summed E-state index contributed by atoms with van der Waals surface area (Å²) < 4.78 is 7.39. The minimum absolute atomic E-state index is 0.144. The van der Waals surface area contributed by atoms with Gasteiger partial charge in [-0.2, -0.15) is 5.10 Å². The summed E-state index contributed by atoms with van der Waals surface area (Å²) in [5.74, 6) is 0.278. The molecule has 1 fully saturated rings. The molecule has 4 N–H and O–H groups in total. The second-order valence-corrected chi connectivity index (χ2v) is 11.0. The van der Waals surface area contributed by atoms with Crippen LogP contribution in [0.1, 0.15) is 22.3 Å². The van der Waals surface area contributed by atoms with E-state index in [1.165, 1.54) is 5.56 Å². The lowest BCUT2D eigenvalue weighted by atomic mass is 10.0. The summed E-state index contributed by atoms with van der Waals surface area (Å²) >= 11 is 0. The van der Waals surface area contributed by atoms with Gasteiger partial charge in [-0.05, 0) is 55.4 Å². The molecule has 11 heteroatoms. The summed E-state index contributed by atoms with van der Waals surface area (Å²) in [5, 5.41) is 10.6. The summed E-state index contributed by atoms with van der Waals surface area (Å²) in [4.78, 5) is 34.0. The molecule has 0 unspecified atom stereocenters. The number of nitrogens with zero attached hydrogens (tertiary/aromatic N) is 5. The second kappa shape index (κ2) is 13.5. The van der Waals surface area contributed by atoms with Crippen LogP contribution >= 0.6 is 0 Å². The van der Waals surface area contributed by atoms with Crippen LogP contribution in [-0.4, -0.2) is 82.9 Å². The van der Waals surface area contributed by atoms with Crippen LogP contribution < -0.4 is 21.1 Å². The molecule has 2 aromatic carbocycles. The van der Waals surface area contributed by atoms with E-state index < -0.39 is 6.09 Å². The van der Waals surface area contributed by atoms with Crippen molar-refractivity contribution < 1.29 is 14.3 Å². The molecule has 1 aliphatic rings. The fraction of sp³-hybridized carbons (Fsp3) is 0.312. The summed E-state index contributed by atoms with van der Waals surface area (Å²) in [6.07, 6.45) is 5.31. The highest BCUT2D eigenvalue weighted by Crippen LogP contribution is 2.26. The number of anilines is 1. The Labute approximate surface area is 251 Å². The third-order valence-corrected chi connectivity index (χ3v) is 7.37. The van der Waals surface area contributed by atoms with E-state index in [4.69, 9.17) is 10.5 Å². The number of aromatic nitrogens is 3. The Morgan fingerprint density at radius 1 is 1.05 bits per heavy atom. The van der Waals surface area contributed by atoms with E-state index >= 15 is 0 Å². The third kappa shape index (κ3) is 7.76. The van der Waals surface area contributed by atoms with Crippen LogP contribution in [0.3, 0.4) is 0 Å². The molecule has 5 rings (SSSR count). The molecule has 1 saturated heterocycles. The number of carbonyl (C=O) groups is 2. The van der Waals surface area contributed by atoms with Crippen LogP contribution in [0, 0.1) is 0 Å². The molecule has 0 radical (unpaired) electrons. The maximum absolute atomic E-state index is 13.1. The van der Waals surface area contributed by atoms with Gasteiger partial charge in [0.15, 0.2) is 0 Å². The van der Waals surface area contributed by atoms with Gasteiger partial charge in [-0.3, -0.25) is 9.48 Å². The Morgan fingerprint density at radius 2 is 1.86 bits per heavy atom. The average Bonchev–Trinajstić information content (AvgIpc) is 3.65. The molecular weight excluding hydrogens is 544 g/mol. The molecule has 224 valence electrons. The van der Waals surface area contributed by atoms with Gasteiger partial charge in [0, 0.05) is 69.3 Å². The van der Waals surface area contributed by atoms with Crippen molar-refractivity contribution in [1.82, 2.24) is 35.2 Å². The normalized spacial score (nSPS) is 14.7. The monoisotopic (exact) mass is 582 g/mol. The Morgan fingerprint density at radius 3 is 2.60 bits per heavy atom. The zero-order valence-corrected chi connectivity index (χ0v) is 24.8. The lowest BCUT2D eigenvalue weighted by Crippen LogP contribution is -2.39. The van der Waals surface area contributed by atoms with Gasteiger partial charge in [0.05, 0.1) is 11.8 Å². The highest BCUT2D eigenvalue weighted by atomic mass is 16.6. The fourth-order valence-electron chi connectivity index (χ4n) is 4.95. The molecule has 1 atom stereocenters. The summed E-state index contributed by atoms with van der Waals surface area (Å²) in [5.41, 5.74) is 11.1. The van der Waals surface area contributed by atoms with E-state index in [1.54, 1.807) is 34.1 Å². The molecule has 2 amide bonds. The van der Waals surface area contributed by atoms with Gasteiger partial charge >= 0.3 is 6.09 Å². The fourth-order valence-corrected chi connectivity index (χ4v) is 4.95. The lowest BCUT2D eigenvalue weighted by molar-refractivity contribution is 0.0937. The molecular formula is C32H38N8O3. The minimum Gasteiger partial charge on any atom is -0.410 e. The van der Waals surface area contributed by atoms with Crippen LogP contribution in [0.25, 0.3) is 22.3 Å². The molecule has 0 bridgehead atoms. The van der Waals surface area contributed by atoms with E-state index in [1.807, 2.05) is 31.4 Å². The number of nitrogens with two attached hydrogens (primary N) is 1. The number of likely N-dealkylation sites (N-methyl/N-ethyl adjacent to an activating group) is 1. The van der Waals surface area contributed by atoms with Gasteiger partial charge < -0.3 is 30.9 Å². The standard InChI is InChI=1S/C32H38N8O3/c1-38(2)14-12-34-17-22-7-9-23(10-8-22)24-5-4-6-28(15-24)43-32(42)40-13-11-27(21-40)37-31(41)29-16-25(18-35-30(29)33)26-19-36-39(3)20-26/h4-10,15-16,18-20,27,34H,11-14,17,21H2,1-3H3,(H2,33,35)(H,37,41)/t27-/m1/s1. The minimum atomic E-state index is -0.451. The van der Waals surface area contributed by atoms with Crippen molar-refractivity contribution >= 4 is 17.8 Å². The molecule has 4 aromatic rings. The number of nitrogen functional groups attached to an aromatic ring is 1. The van der Waals surface area contributed by atoms with Gasteiger partial charge in [0.2, 0.25) is 0 Å². The average molecular weight is 583 g/mol. The van der Waals surface area contributed by atoms with Crippen LogP contribution in [0.15, 0.2) is 73.2 Å². The lowest BCUT2D eigenvalue weighted by Gasteiger charge is -2.17. The Hall–Kier alpha value is -4.74. The smallest absolute Gasteiger partial charge is 0.410 e. The van der Waals surface area contributed by atoms with E-state index in [9.17, 15) is 9.59 Å². The maximum atomic E-state index is 13.1. The Bertz CT molecular complexity index is 1570. The molecule has 0 saturated carbocycles. The summed E-state index contributed by atoms with van der Waals surface area (Å²) in [6.45, 7) is 3.54. The van der Waals surface area contributed by atoms with E-state index in [0.717, 1.165) is 41.9 Å². The van der Waals surface area contributed by atoms with Gasteiger partial charge in [-0.15, -0.1) is 0 Å². The van der Waals surface area contributed by atoms with Crippen molar-refractivity contribution in [3.05, 3.63) is 84.3 Å². The quantitative estimate of drug-likeness (QED) is 0.243. The Kier molecular flexibility index (Phi) is 9.33. The number of ether oxygens (including phenoxy) is 1. The molecule has 3 heterocycles. The number of hydrogen-bond acceptors (Lipinski definition) is 8. The molecule has 11 nitrogen and oxygen atoms in total. The number of pyridine rings is 1. The first-order valence-corrected chi connectivity index (χ1v) is 14.3. The number of benzene rings is 2. The number of amides is 2. The number of likely N-dealkylation sites (tertiary alicyclic amines) is 1.